The highest BCUT2D eigenvalue weighted by atomic mass is 16.5. The number of aromatic nitrogens is 2. The molecule has 2 aromatic carbocycles. The van der Waals surface area contributed by atoms with Crippen molar-refractivity contribution in [1.29, 1.82) is 5.26 Å². The highest BCUT2D eigenvalue weighted by molar-refractivity contribution is 5.83. The van der Waals surface area contributed by atoms with E-state index in [2.05, 4.69) is 16.3 Å². The Morgan fingerprint density at radius 2 is 2.05 bits per heavy atom. The van der Waals surface area contributed by atoms with Crippen LogP contribution in [0.2, 0.25) is 0 Å². The Hall–Kier alpha value is -3.26. The van der Waals surface area contributed by atoms with Crippen molar-refractivity contribution >= 4 is 0 Å². The van der Waals surface area contributed by atoms with Crippen LogP contribution in [0.25, 0.3) is 22.4 Å². The van der Waals surface area contributed by atoms with Gasteiger partial charge in [-0.3, -0.25) is 5.10 Å². The molecule has 0 saturated heterocycles. The smallest absolute Gasteiger partial charge is 0.128 e. The molecule has 0 atom stereocenters. The first-order valence-electron chi connectivity index (χ1n) is 6.64. The van der Waals surface area contributed by atoms with Crippen molar-refractivity contribution in [1.82, 2.24) is 10.2 Å². The van der Waals surface area contributed by atoms with E-state index in [0.717, 1.165) is 11.1 Å². The van der Waals surface area contributed by atoms with Crippen molar-refractivity contribution in [2.75, 3.05) is 7.11 Å². The van der Waals surface area contributed by atoms with E-state index in [1.54, 1.807) is 43.6 Å². The highest BCUT2D eigenvalue weighted by Crippen LogP contribution is 2.37. The maximum Gasteiger partial charge on any atom is 0.128 e. The molecule has 108 valence electrons. The number of nitrogens with one attached hydrogen (secondary N) is 1. The van der Waals surface area contributed by atoms with Crippen molar-refractivity contribution in [3.63, 3.8) is 0 Å². The summed E-state index contributed by atoms with van der Waals surface area (Å²) in [7, 11) is 1.55. The molecule has 5 heteroatoms. The number of hydrogen-bond acceptors (Lipinski definition) is 4. The summed E-state index contributed by atoms with van der Waals surface area (Å²) in [6.07, 6.45) is 1.68. The Labute approximate surface area is 127 Å². The Morgan fingerprint density at radius 3 is 2.77 bits per heavy atom. The lowest BCUT2D eigenvalue weighted by atomic mass is 10.00. The molecule has 0 radical (unpaired) electrons. The van der Waals surface area contributed by atoms with E-state index >= 15 is 0 Å². The third kappa shape index (κ3) is 2.38. The van der Waals surface area contributed by atoms with Gasteiger partial charge in [-0.05, 0) is 29.8 Å². The van der Waals surface area contributed by atoms with Crippen LogP contribution in [0.4, 0.5) is 0 Å². The summed E-state index contributed by atoms with van der Waals surface area (Å²) in [6, 6.07) is 14.4. The van der Waals surface area contributed by atoms with Crippen molar-refractivity contribution < 1.29 is 9.84 Å². The van der Waals surface area contributed by atoms with Gasteiger partial charge in [0.05, 0.1) is 30.6 Å². The Bertz CT molecular complexity index is 862. The number of aromatic hydroxyl groups is 1. The third-order valence-electron chi connectivity index (χ3n) is 3.42. The zero-order valence-electron chi connectivity index (χ0n) is 11.9. The number of methoxy groups -OCH3 is 1. The number of benzene rings is 2. The number of nitrogens with zero attached hydrogens (tertiary/aromatic N) is 2. The van der Waals surface area contributed by atoms with E-state index in [0.29, 0.717) is 22.6 Å². The van der Waals surface area contributed by atoms with E-state index in [1.165, 1.54) is 0 Å². The number of phenols is 1. The molecule has 0 spiro atoms. The van der Waals surface area contributed by atoms with Gasteiger partial charge in [-0.15, -0.1) is 0 Å². The summed E-state index contributed by atoms with van der Waals surface area (Å²) in [4.78, 5) is 0. The van der Waals surface area contributed by atoms with Crippen LogP contribution in [-0.2, 0) is 0 Å². The number of phenolic OH excluding ortho intramolecular Hbond substituents is 1. The molecule has 0 unspecified atom stereocenters. The topological polar surface area (TPSA) is 81.9 Å². The third-order valence-corrected chi connectivity index (χ3v) is 3.42. The van der Waals surface area contributed by atoms with Gasteiger partial charge in [0.2, 0.25) is 0 Å². The SMILES string of the molecule is COc1ccc(-c2[nH]ncc2-c2cccc(C#N)c2)c(O)c1. The highest BCUT2D eigenvalue weighted by Gasteiger charge is 2.14. The van der Waals surface area contributed by atoms with Gasteiger partial charge in [-0.2, -0.15) is 10.4 Å². The standard InChI is InChI=1S/C17H13N3O2/c1-22-13-5-6-14(16(21)8-13)17-15(10-19-20-17)12-4-2-3-11(7-12)9-18/h2-8,10,21H,1H3,(H,19,20). The van der Waals surface area contributed by atoms with Gasteiger partial charge in [0.15, 0.2) is 0 Å². The van der Waals surface area contributed by atoms with Gasteiger partial charge in [-0.1, -0.05) is 12.1 Å². The molecule has 0 aliphatic rings. The second-order valence-corrected chi connectivity index (χ2v) is 4.73. The van der Waals surface area contributed by atoms with Crippen LogP contribution < -0.4 is 4.74 Å². The maximum absolute atomic E-state index is 10.2. The fraction of sp³-hybridized carbons (Fsp3) is 0.0588. The van der Waals surface area contributed by atoms with Crippen molar-refractivity contribution in [3.8, 4) is 40.0 Å². The van der Waals surface area contributed by atoms with Crippen LogP contribution >= 0.6 is 0 Å². The quantitative estimate of drug-likeness (QED) is 0.775. The minimum Gasteiger partial charge on any atom is -0.507 e. The number of H-pyrrole nitrogens is 1. The second kappa shape index (κ2) is 5.62. The fourth-order valence-corrected chi connectivity index (χ4v) is 2.32. The van der Waals surface area contributed by atoms with Gasteiger partial charge in [0, 0.05) is 17.2 Å². The second-order valence-electron chi connectivity index (χ2n) is 4.73. The Morgan fingerprint density at radius 1 is 1.18 bits per heavy atom. The number of ether oxygens (including phenoxy) is 1. The summed E-state index contributed by atoms with van der Waals surface area (Å²) in [5.74, 6) is 0.676. The molecule has 3 aromatic rings. The molecule has 0 aliphatic carbocycles. The lowest BCUT2D eigenvalue weighted by molar-refractivity contribution is 0.408. The van der Waals surface area contributed by atoms with E-state index in [1.807, 2.05) is 12.1 Å². The van der Waals surface area contributed by atoms with Gasteiger partial charge < -0.3 is 9.84 Å². The largest absolute Gasteiger partial charge is 0.507 e. The fourth-order valence-electron chi connectivity index (χ4n) is 2.32. The molecular weight excluding hydrogens is 278 g/mol. The number of aromatic amines is 1. The molecule has 1 aromatic heterocycles. The monoisotopic (exact) mass is 291 g/mol. The molecule has 22 heavy (non-hydrogen) atoms. The number of nitriles is 1. The lowest BCUT2D eigenvalue weighted by Crippen LogP contribution is -1.87. The minimum absolute atomic E-state index is 0.0984. The van der Waals surface area contributed by atoms with Gasteiger partial charge >= 0.3 is 0 Å². The zero-order chi connectivity index (χ0) is 15.5. The van der Waals surface area contributed by atoms with Crippen molar-refractivity contribution in [2.24, 2.45) is 0 Å². The first kappa shape index (κ1) is 13.7. The normalized spacial score (nSPS) is 10.2. The molecule has 0 amide bonds. The number of rotatable bonds is 3. The molecule has 3 rings (SSSR count). The van der Waals surface area contributed by atoms with Crippen molar-refractivity contribution in [3.05, 3.63) is 54.2 Å². The van der Waals surface area contributed by atoms with Crippen LogP contribution in [-0.4, -0.2) is 22.4 Å². The molecular formula is C17H13N3O2. The summed E-state index contributed by atoms with van der Waals surface area (Å²) in [5, 5.41) is 26.2. The average Bonchev–Trinajstić information content (AvgIpc) is 3.04. The van der Waals surface area contributed by atoms with Crippen LogP contribution in [0.5, 0.6) is 11.5 Å². The first-order chi connectivity index (χ1) is 10.7. The minimum atomic E-state index is 0.0984. The predicted molar refractivity (Wildman–Crippen MR) is 82.4 cm³/mol. The molecule has 2 N–H and O–H groups in total. The van der Waals surface area contributed by atoms with E-state index in [-0.39, 0.29) is 5.75 Å². The average molecular weight is 291 g/mol. The molecule has 0 aliphatic heterocycles. The molecule has 5 nitrogen and oxygen atoms in total. The van der Waals surface area contributed by atoms with Crippen LogP contribution in [0.15, 0.2) is 48.7 Å². The summed E-state index contributed by atoms with van der Waals surface area (Å²) in [5.41, 5.74) is 3.56. The Balaban J connectivity index is 2.11. The molecule has 0 bridgehead atoms. The molecule has 0 fully saturated rings. The van der Waals surface area contributed by atoms with Crippen molar-refractivity contribution in [2.45, 2.75) is 0 Å². The maximum atomic E-state index is 10.2. The van der Waals surface area contributed by atoms with E-state index in [4.69, 9.17) is 10.00 Å². The summed E-state index contributed by atoms with van der Waals surface area (Å²) in [6.45, 7) is 0. The van der Waals surface area contributed by atoms with Gasteiger partial charge in [0.25, 0.3) is 0 Å². The number of hydrogen-bond donors (Lipinski definition) is 2. The molecule has 0 saturated carbocycles. The van der Waals surface area contributed by atoms with Gasteiger partial charge in [0.1, 0.15) is 11.5 Å². The summed E-state index contributed by atoms with van der Waals surface area (Å²) < 4.78 is 5.09. The van der Waals surface area contributed by atoms with Gasteiger partial charge in [-0.25, -0.2) is 0 Å². The van der Waals surface area contributed by atoms with Crippen LogP contribution in [0.3, 0.4) is 0 Å². The van der Waals surface area contributed by atoms with Crippen LogP contribution in [0, 0.1) is 11.3 Å². The first-order valence-corrected chi connectivity index (χ1v) is 6.64. The Kier molecular flexibility index (Phi) is 3.50. The lowest BCUT2D eigenvalue weighted by Gasteiger charge is -2.08. The van der Waals surface area contributed by atoms with E-state index < -0.39 is 0 Å². The van der Waals surface area contributed by atoms with Crippen LogP contribution in [0.1, 0.15) is 5.56 Å². The zero-order valence-corrected chi connectivity index (χ0v) is 11.9. The summed E-state index contributed by atoms with van der Waals surface area (Å²) >= 11 is 0. The molecule has 1 heterocycles. The predicted octanol–water partition coefficient (Wildman–Crippen LogP) is 3.33. The van der Waals surface area contributed by atoms with E-state index in [9.17, 15) is 5.11 Å².